The van der Waals surface area contributed by atoms with Gasteiger partial charge in [0.05, 0.1) is 6.10 Å². The molecular weight excluding hydrogens is 216 g/mol. The summed E-state index contributed by atoms with van der Waals surface area (Å²) in [6.07, 6.45) is 1.35. The SMILES string of the molecule is CC(C)Oc1ccc(C=C(C#N)C#N)c(O)c1. The Balaban J connectivity index is 3.04. The minimum Gasteiger partial charge on any atom is -0.507 e. The first-order valence-electron chi connectivity index (χ1n) is 5.08. The number of hydrogen-bond acceptors (Lipinski definition) is 4. The molecule has 1 rings (SSSR count). The number of hydrogen-bond donors (Lipinski definition) is 1. The lowest BCUT2D eigenvalue weighted by Gasteiger charge is -2.10. The van der Waals surface area contributed by atoms with Gasteiger partial charge in [-0.15, -0.1) is 0 Å². The van der Waals surface area contributed by atoms with Crippen LogP contribution in [0.25, 0.3) is 6.08 Å². The molecule has 0 unspecified atom stereocenters. The van der Waals surface area contributed by atoms with Gasteiger partial charge in [0.1, 0.15) is 29.2 Å². The molecule has 0 saturated heterocycles. The van der Waals surface area contributed by atoms with Crippen LogP contribution >= 0.6 is 0 Å². The van der Waals surface area contributed by atoms with Gasteiger partial charge in [0.25, 0.3) is 0 Å². The van der Waals surface area contributed by atoms with Crippen molar-refractivity contribution in [3.8, 4) is 23.6 Å². The van der Waals surface area contributed by atoms with E-state index in [1.165, 1.54) is 12.1 Å². The minimum atomic E-state index is -0.0576. The fourth-order valence-electron chi connectivity index (χ4n) is 1.24. The molecule has 17 heavy (non-hydrogen) atoms. The highest BCUT2D eigenvalue weighted by Gasteiger charge is 2.04. The van der Waals surface area contributed by atoms with Crippen molar-refractivity contribution in [1.29, 1.82) is 10.5 Å². The first-order chi connectivity index (χ1) is 8.06. The number of phenols is 1. The number of nitriles is 2. The second kappa shape index (κ2) is 5.58. The van der Waals surface area contributed by atoms with E-state index in [-0.39, 0.29) is 17.4 Å². The van der Waals surface area contributed by atoms with Gasteiger partial charge in [-0.25, -0.2) is 0 Å². The van der Waals surface area contributed by atoms with Crippen LogP contribution < -0.4 is 4.74 Å². The van der Waals surface area contributed by atoms with Gasteiger partial charge in [-0.2, -0.15) is 10.5 Å². The average Bonchev–Trinajstić information content (AvgIpc) is 2.27. The highest BCUT2D eigenvalue weighted by atomic mass is 16.5. The van der Waals surface area contributed by atoms with Crippen molar-refractivity contribution in [3.05, 3.63) is 29.3 Å². The topological polar surface area (TPSA) is 77.0 Å². The lowest BCUT2D eigenvalue weighted by molar-refractivity contribution is 0.241. The second-order valence-corrected chi connectivity index (χ2v) is 3.67. The first kappa shape index (κ1) is 12.6. The monoisotopic (exact) mass is 228 g/mol. The van der Waals surface area contributed by atoms with Crippen LogP contribution in [-0.2, 0) is 0 Å². The summed E-state index contributed by atoms with van der Waals surface area (Å²) in [7, 11) is 0. The van der Waals surface area contributed by atoms with Gasteiger partial charge < -0.3 is 9.84 Å². The summed E-state index contributed by atoms with van der Waals surface area (Å²) in [5.74, 6) is 0.524. The molecule has 0 aliphatic heterocycles. The van der Waals surface area contributed by atoms with Crippen molar-refractivity contribution in [3.63, 3.8) is 0 Å². The third-order valence-electron chi connectivity index (χ3n) is 1.91. The number of aromatic hydroxyl groups is 1. The normalized spacial score (nSPS) is 9.24. The molecule has 0 amide bonds. The van der Waals surface area contributed by atoms with Crippen LogP contribution in [0.1, 0.15) is 19.4 Å². The summed E-state index contributed by atoms with van der Waals surface area (Å²) < 4.78 is 5.40. The third-order valence-corrected chi connectivity index (χ3v) is 1.91. The Hall–Kier alpha value is -2.46. The van der Waals surface area contributed by atoms with Gasteiger partial charge in [0.2, 0.25) is 0 Å². The van der Waals surface area contributed by atoms with Gasteiger partial charge in [0.15, 0.2) is 0 Å². The van der Waals surface area contributed by atoms with E-state index in [0.717, 1.165) is 0 Å². The summed E-state index contributed by atoms with van der Waals surface area (Å²) in [5, 5.41) is 26.9. The van der Waals surface area contributed by atoms with Crippen molar-refractivity contribution in [2.45, 2.75) is 20.0 Å². The summed E-state index contributed by atoms with van der Waals surface area (Å²) in [5.41, 5.74) is 0.358. The molecule has 86 valence electrons. The van der Waals surface area contributed by atoms with E-state index in [2.05, 4.69) is 0 Å². The zero-order valence-electron chi connectivity index (χ0n) is 9.64. The van der Waals surface area contributed by atoms with E-state index in [9.17, 15) is 5.11 Å². The molecule has 0 heterocycles. The van der Waals surface area contributed by atoms with Crippen molar-refractivity contribution in [2.24, 2.45) is 0 Å². The van der Waals surface area contributed by atoms with Crippen molar-refractivity contribution >= 4 is 6.08 Å². The smallest absolute Gasteiger partial charge is 0.130 e. The van der Waals surface area contributed by atoms with Gasteiger partial charge in [-0.1, -0.05) is 0 Å². The maximum atomic E-state index is 9.70. The van der Waals surface area contributed by atoms with Gasteiger partial charge >= 0.3 is 0 Å². The molecule has 1 aromatic carbocycles. The molecular formula is C13H12N2O2. The van der Waals surface area contributed by atoms with Crippen molar-refractivity contribution in [1.82, 2.24) is 0 Å². The number of ether oxygens (including phenoxy) is 1. The largest absolute Gasteiger partial charge is 0.507 e. The standard InChI is InChI=1S/C13H12N2O2/c1-9(2)17-12-4-3-11(13(16)6-12)5-10(7-14)8-15/h3-6,9,16H,1-2H3. The fourth-order valence-corrected chi connectivity index (χ4v) is 1.24. The Morgan fingerprint density at radius 3 is 2.47 bits per heavy atom. The fraction of sp³-hybridized carbons (Fsp3) is 0.231. The summed E-state index contributed by atoms with van der Waals surface area (Å²) in [4.78, 5) is 0. The van der Waals surface area contributed by atoms with Crippen molar-refractivity contribution in [2.75, 3.05) is 0 Å². The summed E-state index contributed by atoms with van der Waals surface area (Å²) >= 11 is 0. The third kappa shape index (κ3) is 3.55. The Morgan fingerprint density at radius 2 is 2.00 bits per heavy atom. The van der Waals surface area contributed by atoms with Crippen LogP contribution in [-0.4, -0.2) is 11.2 Å². The van der Waals surface area contributed by atoms with Crippen LogP contribution in [0.15, 0.2) is 23.8 Å². The molecule has 1 aromatic rings. The molecule has 0 spiro atoms. The molecule has 0 fully saturated rings. The molecule has 0 radical (unpaired) electrons. The molecule has 0 atom stereocenters. The Kier molecular flexibility index (Phi) is 4.14. The van der Waals surface area contributed by atoms with Gasteiger partial charge in [0, 0.05) is 11.6 Å². The van der Waals surface area contributed by atoms with E-state index in [1.54, 1.807) is 24.3 Å². The summed E-state index contributed by atoms with van der Waals surface area (Å²) in [6, 6.07) is 8.20. The van der Waals surface area contributed by atoms with Crippen molar-refractivity contribution < 1.29 is 9.84 Å². The zero-order valence-corrected chi connectivity index (χ0v) is 9.64. The molecule has 0 aliphatic rings. The molecule has 4 nitrogen and oxygen atoms in total. The molecule has 4 heteroatoms. The number of rotatable bonds is 3. The van der Waals surface area contributed by atoms with Crippen LogP contribution in [0.3, 0.4) is 0 Å². The van der Waals surface area contributed by atoms with Gasteiger partial charge in [-0.3, -0.25) is 0 Å². The summed E-state index contributed by atoms with van der Waals surface area (Å²) in [6.45, 7) is 3.77. The van der Waals surface area contributed by atoms with E-state index in [4.69, 9.17) is 15.3 Å². The first-order valence-corrected chi connectivity index (χ1v) is 5.08. The Labute approximate surface area is 100.0 Å². The van der Waals surface area contributed by atoms with Crippen LogP contribution in [0.2, 0.25) is 0 Å². The van der Waals surface area contributed by atoms with Gasteiger partial charge in [-0.05, 0) is 32.1 Å². The maximum absolute atomic E-state index is 9.70. The van der Waals surface area contributed by atoms with Crippen LogP contribution in [0.5, 0.6) is 11.5 Å². The van der Waals surface area contributed by atoms with E-state index in [0.29, 0.717) is 11.3 Å². The number of nitrogens with zero attached hydrogens (tertiary/aromatic N) is 2. The molecule has 0 aliphatic carbocycles. The van der Waals surface area contributed by atoms with E-state index < -0.39 is 0 Å². The quantitative estimate of drug-likeness (QED) is 0.806. The maximum Gasteiger partial charge on any atom is 0.130 e. The highest BCUT2D eigenvalue weighted by molar-refractivity contribution is 5.66. The molecule has 0 aromatic heterocycles. The molecule has 1 N–H and O–H groups in total. The predicted molar refractivity (Wildman–Crippen MR) is 63.1 cm³/mol. The Morgan fingerprint density at radius 1 is 1.35 bits per heavy atom. The number of benzene rings is 1. The second-order valence-electron chi connectivity index (χ2n) is 3.67. The molecule has 0 saturated carbocycles. The van der Waals surface area contributed by atoms with Crippen LogP contribution in [0, 0.1) is 22.7 Å². The predicted octanol–water partition coefficient (Wildman–Crippen LogP) is 2.61. The van der Waals surface area contributed by atoms with E-state index in [1.807, 2.05) is 13.8 Å². The lowest BCUT2D eigenvalue weighted by Crippen LogP contribution is -2.05. The van der Waals surface area contributed by atoms with Crippen LogP contribution in [0.4, 0.5) is 0 Å². The number of allylic oxidation sites excluding steroid dienone is 1. The average molecular weight is 228 g/mol. The molecule has 0 bridgehead atoms. The zero-order chi connectivity index (χ0) is 12.8. The number of phenolic OH excluding ortho intramolecular Hbond substituents is 1. The Bertz CT molecular complexity index is 503. The van der Waals surface area contributed by atoms with E-state index >= 15 is 0 Å². The lowest BCUT2D eigenvalue weighted by atomic mass is 10.1. The highest BCUT2D eigenvalue weighted by Crippen LogP contribution is 2.26. The minimum absolute atomic E-state index is 0.0181.